The van der Waals surface area contributed by atoms with Gasteiger partial charge in [0.2, 0.25) is 0 Å². The topological polar surface area (TPSA) is 41.6 Å². The van der Waals surface area contributed by atoms with Crippen molar-refractivity contribution >= 4 is 17.5 Å². The smallest absolute Gasteiger partial charge is 0.422 e. The molecule has 24 heavy (non-hydrogen) atoms. The molecule has 0 saturated heterocycles. The molecule has 1 aromatic carbocycles. The summed E-state index contributed by atoms with van der Waals surface area (Å²) in [6.07, 6.45) is -12.2. The molecule has 1 heterocycles. The zero-order valence-electron chi connectivity index (χ0n) is 12.2. The summed E-state index contributed by atoms with van der Waals surface area (Å²) in [6, 6.07) is 4.58. The van der Waals surface area contributed by atoms with Crippen LogP contribution in [-0.2, 0) is 4.74 Å². The molecule has 0 fully saturated rings. The lowest BCUT2D eigenvalue weighted by atomic mass is 10.1. The number of alkyl halides is 6. The number of hydrogen-bond donors (Lipinski definition) is 1. The first kappa shape index (κ1) is 18.2. The highest BCUT2D eigenvalue weighted by Crippen LogP contribution is 2.35. The zero-order valence-corrected chi connectivity index (χ0v) is 12.2. The van der Waals surface area contributed by atoms with Crippen molar-refractivity contribution in [1.29, 1.82) is 0 Å². The van der Waals surface area contributed by atoms with E-state index in [1.165, 1.54) is 18.2 Å². The van der Waals surface area contributed by atoms with Crippen LogP contribution in [0.15, 0.2) is 24.3 Å². The Morgan fingerprint density at radius 1 is 1.17 bits per heavy atom. The van der Waals surface area contributed by atoms with Crippen molar-refractivity contribution in [3.8, 4) is 0 Å². The van der Waals surface area contributed by atoms with Gasteiger partial charge >= 0.3 is 18.4 Å². The van der Waals surface area contributed by atoms with Gasteiger partial charge in [0.25, 0.3) is 0 Å². The molecule has 1 N–H and O–H groups in total. The Bertz CT molecular complexity index is 587. The van der Waals surface area contributed by atoms with Crippen molar-refractivity contribution in [2.45, 2.75) is 31.2 Å². The molecule has 1 atom stereocenters. The Morgan fingerprint density at radius 2 is 1.83 bits per heavy atom. The number of rotatable bonds is 2. The average molecular weight is 356 g/mol. The summed E-state index contributed by atoms with van der Waals surface area (Å²) in [5, 5.41) is 2.86. The number of amides is 1. The monoisotopic (exact) mass is 356 g/mol. The van der Waals surface area contributed by atoms with Crippen molar-refractivity contribution in [2.75, 3.05) is 23.4 Å². The molecule has 1 aliphatic rings. The minimum Gasteiger partial charge on any atom is -0.439 e. The lowest BCUT2D eigenvalue weighted by Crippen LogP contribution is -2.44. The van der Waals surface area contributed by atoms with Crippen LogP contribution in [0.5, 0.6) is 0 Å². The molecule has 0 saturated carbocycles. The van der Waals surface area contributed by atoms with E-state index in [2.05, 4.69) is 10.1 Å². The third-order valence-corrected chi connectivity index (χ3v) is 3.34. The molecule has 134 valence electrons. The number of anilines is 2. The first-order valence-corrected chi connectivity index (χ1v) is 6.99. The maximum absolute atomic E-state index is 12.8. The van der Waals surface area contributed by atoms with Crippen LogP contribution < -0.4 is 10.2 Å². The van der Waals surface area contributed by atoms with E-state index in [1.807, 2.05) is 0 Å². The summed E-state index contributed by atoms with van der Waals surface area (Å²) in [5.41, 5.74) is 0.405. The van der Waals surface area contributed by atoms with Crippen LogP contribution in [-0.4, -0.2) is 37.6 Å². The van der Waals surface area contributed by atoms with E-state index >= 15 is 0 Å². The predicted molar refractivity (Wildman–Crippen MR) is 73.9 cm³/mol. The average Bonchev–Trinajstić information content (AvgIpc) is 2.61. The lowest BCUT2D eigenvalue weighted by molar-refractivity contribution is -0.160. The minimum atomic E-state index is -4.77. The van der Waals surface area contributed by atoms with Gasteiger partial charge in [-0.3, -0.25) is 4.90 Å². The number of fused-ring (bicyclic) bond motifs is 1. The Hall–Kier alpha value is -2.13. The van der Waals surface area contributed by atoms with E-state index in [4.69, 9.17) is 0 Å². The van der Waals surface area contributed by atoms with Gasteiger partial charge in [0, 0.05) is 6.54 Å². The van der Waals surface area contributed by atoms with Gasteiger partial charge < -0.3 is 10.1 Å². The minimum absolute atomic E-state index is 0.0522. The van der Waals surface area contributed by atoms with E-state index in [0.717, 1.165) is 0 Å². The highest BCUT2D eigenvalue weighted by Gasteiger charge is 2.40. The molecule has 10 heteroatoms. The number of ether oxygens (including phenoxy) is 1. The number of halogens is 6. The lowest BCUT2D eigenvalue weighted by Gasteiger charge is -2.30. The second-order valence-corrected chi connectivity index (χ2v) is 5.25. The van der Waals surface area contributed by atoms with Gasteiger partial charge in [-0.05, 0) is 18.6 Å². The Morgan fingerprint density at radius 3 is 2.46 bits per heavy atom. The van der Waals surface area contributed by atoms with E-state index in [0.29, 0.717) is 10.6 Å². The molecule has 2 rings (SSSR count). The first-order chi connectivity index (χ1) is 11.1. The number of hydrogen-bond acceptors (Lipinski definition) is 3. The molecule has 1 aromatic rings. The Balaban J connectivity index is 2.32. The van der Waals surface area contributed by atoms with Gasteiger partial charge in [0.05, 0.1) is 23.8 Å². The molecule has 1 unspecified atom stereocenters. The van der Waals surface area contributed by atoms with Crippen molar-refractivity contribution < 1.29 is 35.9 Å². The summed E-state index contributed by atoms with van der Waals surface area (Å²) >= 11 is 0. The number of benzene rings is 1. The van der Waals surface area contributed by atoms with Crippen LogP contribution in [0.1, 0.15) is 12.8 Å². The van der Waals surface area contributed by atoms with E-state index < -0.39 is 37.5 Å². The molecule has 0 radical (unpaired) electrons. The molecule has 4 nitrogen and oxygen atoms in total. The third-order valence-electron chi connectivity index (χ3n) is 3.34. The fourth-order valence-electron chi connectivity index (χ4n) is 2.45. The number of carbonyl (C=O) groups is 1. The third kappa shape index (κ3) is 4.93. The number of nitrogens with zero attached hydrogens (tertiary/aromatic N) is 1. The van der Waals surface area contributed by atoms with Crippen molar-refractivity contribution in [3.05, 3.63) is 24.3 Å². The van der Waals surface area contributed by atoms with Crippen LogP contribution in [0.4, 0.5) is 42.5 Å². The first-order valence-electron chi connectivity index (χ1n) is 6.99. The van der Waals surface area contributed by atoms with Crippen molar-refractivity contribution in [2.24, 2.45) is 0 Å². The molecular weight excluding hydrogens is 342 g/mol. The number of nitrogens with one attached hydrogen (secondary N) is 1. The van der Waals surface area contributed by atoms with E-state index in [9.17, 15) is 31.1 Å². The van der Waals surface area contributed by atoms with Gasteiger partial charge in [-0.15, -0.1) is 0 Å². The summed E-state index contributed by atoms with van der Waals surface area (Å²) in [6.45, 7) is -1.72. The van der Waals surface area contributed by atoms with Gasteiger partial charge in [0.1, 0.15) is 0 Å². The summed E-state index contributed by atoms with van der Waals surface area (Å²) in [4.78, 5) is 12.7. The summed E-state index contributed by atoms with van der Waals surface area (Å²) in [5.74, 6) is 0. The van der Waals surface area contributed by atoms with E-state index in [-0.39, 0.29) is 18.7 Å². The quantitative estimate of drug-likeness (QED) is 0.802. The van der Waals surface area contributed by atoms with Crippen LogP contribution >= 0.6 is 0 Å². The summed E-state index contributed by atoms with van der Waals surface area (Å²) in [7, 11) is 0. The van der Waals surface area contributed by atoms with Crippen LogP contribution in [0.3, 0.4) is 0 Å². The Labute approximate surface area is 133 Å². The standard InChI is InChI=1S/C14H14F6N2O2/c15-13(16,17)7-9-5-6-21-10-3-1-2-4-11(10)22(9)12(23)24-8-14(18,19)20/h1-4,9,21H,5-8H2. The molecule has 0 aliphatic carbocycles. The maximum Gasteiger partial charge on any atom is 0.422 e. The van der Waals surface area contributed by atoms with Crippen LogP contribution in [0, 0.1) is 0 Å². The van der Waals surface area contributed by atoms with Crippen molar-refractivity contribution in [3.63, 3.8) is 0 Å². The second kappa shape index (κ2) is 6.78. The predicted octanol–water partition coefficient (Wildman–Crippen LogP) is 4.33. The van der Waals surface area contributed by atoms with Crippen molar-refractivity contribution in [1.82, 2.24) is 0 Å². The van der Waals surface area contributed by atoms with Gasteiger partial charge in [-0.25, -0.2) is 4.79 Å². The fourth-order valence-corrected chi connectivity index (χ4v) is 2.45. The second-order valence-electron chi connectivity index (χ2n) is 5.25. The molecule has 1 aliphatic heterocycles. The largest absolute Gasteiger partial charge is 0.439 e. The molecule has 1 amide bonds. The van der Waals surface area contributed by atoms with Crippen LogP contribution in [0.2, 0.25) is 0 Å². The maximum atomic E-state index is 12.8. The van der Waals surface area contributed by atoms with E-state index in [1.54, 1.807) is 6.07 Å². The number of carbonyl (C=O) groups excluding carboxylic acids is 1. The van der Waals surface area contributed by atoms with Crippen LogP contribution in [0.25, 0.3) is 0 Å². The normalized spacial score (nSPS) is 18.4. The van der Waals surface area contributed by atoms with Gasteiger partial charge in [-0.2, -0.15) is 26.3 Å². The molecule has 0 spiro atoms. The SMILES string of the molecule is O=C(OCC(F)(F)F)N1c2ccccc2NCCC1CC(F)(F)F. The van der Waals surface area contributed by atoms with Gasteiger partial charge in [0.15, 0.2) is 6.61 Å². The highest BCUT2D eigenvalue weighted by atomic mass is 19.4. The summed E-state index contributed by atoms with van der Waals surface area (Å²) < 4.78 is 79.2. The fraction of sp³-hybridized carbons (Fsp3) is 0.500. The van der Waals surface area contributed by atoms with Gasteiger partial charge in [-0.1, -0.05) is 12.1 Å². The molecule has 0 bridgehead atoms. The Kier molecular flexibility index (Phi) is 5.14. The highest BCUT2D eigenvalue weighted by molar-refractivity contribution is 5.93. The number of para-hydroxylation sites is 2. The molecular formula is C14H14F6N2O2. The molecule has 0 aromatic heterocycles. The zero-order chi connectivity index (χ0) is 18.0.